The lowest BCUT2D eigenvalue weighted by Crippen LogP contribution is -2.36. The molecule has 0 bridgehead atoms. The lowest BCUT2D eigenvalue weighted by Gasteiger charge is -2.28. The van der Waals surface area contributed by atoms with Crippen molar-refractivity contribution in [2.24, 2.45) is 0 Å². The van der Waals surface area contributed by atoms with Crippen LogP contribution in [0.5, 0.6) is 0 Å². The quantitative estimate of drug-likeness (QED) is 0.668. The van der Waals surface area contributed by atoms with Gasteiger partial charge in [-0.1, -0.05) is 6.07 Å². The fourth-order valence-corrected chi connectivity index (χ4v) is 3.84. The monoisotopic (exact) mass is 349 g/mol. The molecule has 4 nitrogen and oxygen atoms in total. The molecule has 1 aromatic carbocycles. The van der Waals surface area contributed by atoms with E-state index in [0.29, 0.717) is 0 Å². The molecule has 1 amide bonds. The molecule has 0 aliphatic heterocycles. The summed E-state index contributed by atoms with van der Waals surface area (Å²) in [6.07, 6.45) is 1.71. The Kier molecular flexibility index (Phi) is 5.33. The summed E-state index contributed by atoms with van der Waals surface area (Å²) < 4.78 is 4.87. The van der Waals surface area contributed by atoms with Gasteiger partial charge < -0.3 is 10.1 Å². The average Bonchev–Trinajstić information content (AvgIpc) is 2.76. The SMILES string of the molecule is CC(=O)NC1Cc2ccc(SC(C)(C)C(=O)OC(C)(C)C)cc2C1. The largest absolute Gasteiger partial charge is 0.459 e. The minimum absolute atomic E-state index is 0.00784. The van der Waals surface area contributed by atoms with Gasteiger partial charge in [-0.25, -0.2) is 0 Å². The third-order valence-electron chi connectivity index (χ3n) is 3.78. The van der Waals surface area contributed by atoms with Crippen molar-refractivity contribution < 1.29 is 14.3 Å². The zero-order valence-electron chi connectivity index (χ0n) is 15.4. The van der Waals surface area contributed by atoms with E-state index >= 15 is 0 Å². The number of ether oxygens (including phenoxy) is 1. The molecule has 0 heterocycles. The molecule has 0 saturated carbocycles. The van der Waals surface area contributed by atoms with Crippen LogP contribution in [-0.2, 0) is 27.2 Å². The third kappa shape index (κ3) is 5.00. The number of hydrogen-bond acceptors (Lipinski definition) is 4. The van der Waals surface area contributed by atoms with Crippen LogP contribution < -0.4 is 5.32 Å². The maximum atomic E-state index is 12.4. The van der Waals surface area contributed by atoms with Gasteiger partial charge in [0.25, 0.3) is 0 Å². The second-order valence-electron chi connectivity index (χ2n) is 7.85. The summed E-state index contributed by atoms with van der Waals surface area (Å²) in [5.74, 6) is -0.204. The Balaban J connectivity index is 2.07. The van der Waals surface area contributed by atoms with Crippen molar-refractivity contribution in [1.29, 1.82) is 0 Å². The smallest absolute Gasteiger partial charge is 0.322 e. The lowest BCUT2D eigenvalue weighted by molar-refractivity contribution is -0.156. The summed E-state index contributed by atoms with van der Waals surface area (Å²) >= 11 is 1.51. The van der Waals surface area contributed by atoms with E-state index in [1.54, 1.807) is 6.92 Å². The normalized spacial score (nSPS) is 17.3. The highest BCUT2D eigenvalue weighted by Crippen LogP contribution is 2.36. The molecule has 132 valence electrons. The minimum atomic E-state index is -0.656. The number of benzene rings is 1. The number of hydrogen-bond donors (Lipinski definition) is 1. The van der Waals surface area contributed by atoms with E-state index in [9.17, 15) is 9.59 Å². The molecule has 1 aliphatic rings. The van der Waals surface area contributed by atoms with Gasteiger partial charge in [0.2, 0.25) is 5.91 Å². The fraction of sp³-hybridized carbons (Fsp3) is 0.579. The van der Waals surface area contributed by atoms with Gasteiger partial charge in [-0.3, -0.25) is 9.59 Å². The number of carbonyl (C=O) groups excluding carboxylic acids is 2. The van der Waals surface area contributed by atoms with Crippen molar-refractivity contribution in [1.82, 2.24) is 5.32 Å². The molecule has 0 fully saturated rings. The second-order valence-corrected chi connectivity index (χ2v) is 9.55. The van der Waals surface area contributed by atoms with Crippen molar-refractivity contribution >= 4 is 23.6 Å². The van der Waals surface area contributed by atoms with E-state index in [4.69, 9.17) is 4.74 Å². The van der Waals surface area contributed by atoms with Crippen molar-refractivity contribution in [2.45, 2.75) is 75.7 Å². The number of rotatable bonds is 4. The first-order valence-electron chi connectivity index (χ1n) is 8.28. The number of amides is 1. The Labute approximate surface area is 148 Å². The van der Waals surface area contributed by atoms with Crippen molar-refractivity contribution in [3.05, 3.63) is 29.3 Å². The molecule has 2 rings (SSSR count). The van der Waals surface area contributed by atoms with Crippen LogP contribution in [0.25, 0.3) is 0 Å². The van der Waals surface area contributed by atoms with Crippen LogP contribution in [0.2, 0.25) is 0 Å². The molecule has 1 N–H and O–H groups in total. The third-order valence-corrected chi connectivity index (χ3v) is 4.95. The summed E-state index contributed by atoms with van der Waals surface area (Å²) in [6.45, 7) is 11.0. The first kappa shape index (κ1) is 18.8. The van der Waals surface area contributed by atoms with Gasteiger partial charge in [-0.2, -0.15) is 0 Å². The summed E-state index contributed by atoms with van der Waals surface area (Å²) in [7, 11) is 0. The minimum Gasteiger partial charge on any atom is -0.459 e. The number of esters is 1. The molecule has 0 saturated heterocycles. The maximum absolute atomic E-state index is 12.4. The van der Waals surface area contributed by atoms with Gasteiger partial charge in [0.1, 0.15) is 10.3 Å². The van der Waals surface area contributed by atoms with Crippen molar-refractivity contribution in [3.8, 4) is 0 Å². The van der Waals surface area contributed by atoms with Crippen molar-refractivity contribution in [3.63, 3.8) is 0 Å². The number of fused-ring (bicyclic) bond motifs is 1. The highest BCUT2D eigenvalue weighted by Gasteiger charge is 2.34. The van der Waals surface area contributed by atoms with Gasteiger partial charge in [-0.05, 0) is 70.7 Å². The molecule has 0 radical (unpaired) electrons. The van der Waals surface area contributed by atoms with Gasteiger partial charge in [0.05, 0.1) is 0 Å². The second kappa shape index (κ2) is 6.79. The van der Waals surface area contributed by atoms with Gasteiger partial charge in [0.15, 0.2) is 0 Å². The first-order chi connectivity index (χ1) is 11.0. The summed E-state index contributed by atoms with van der Waals surface area (Å²) in [5, 5.41) is 2.98. The van der Waals surface area contributed by atoms with E-state index in [1.807, 2.05) is 40.7 Å². The Morgan fingerprint density at radius 3 is 2.33 bits per heavy atom. The number of nitrogens with one attached hydrogen (secondary N) is 1. The van der Waals surface area contributed by atoms with E-state index in [1.165, 1.54) is 22.9 Å². The van der Waals surface area contributed by atoms with Crippen LogP contribution in [0.15, 0.2) is 23.1 Å². The zero-order valence-corrected chi connectivity index (χ0v) is 16.2. The van der Waals surface area contributed by atoms with Crippen LogP contribution in [0.4, 0.5) is 0 Å². The van der Waals surface area contributed by atoms with Gasteiger partial charge in [0, 0.05) is 17.9 Å². The molecule has 1 aromatic rings. The molecular weight excluding hydrogens is 322 g/mol. The van der Waals surface area contributed by atoms with E-state index < -0.39 is 10.3 Å². The molecule has 0 spiro atoms. The van der Waals surface area contributed by atoms with Crippen LogP contribution in [0.3, 0.4) is 0 Å². The van der Waals surface area contributed by atoms with Crippen LogP contribution in [0, 0.1) is 0 Å². The predicted octanol–water partition coefficient (Wildman–Crippen LogP) is 3.50. The Bertz CT molecular complexity index is 647. The van der Waals surface area contributed by atoms with E-state index in [0.717, 1.165) is 17.7 Å². The molecule has 1 unspecified atom stereocenters. The molecule has 1 aliphatic carbocycles. The van der Waals surface area contributed by atoms with Gasteiger partial charge >= 0.3 is 5.97 Å². The average molecular weight is 349 g/mol. The summed E-state index contributed by atoms with van der Waals surface area (Å²) in [5.41, 5.74) is 2.03. The Hall–Kier alpha value is -1.49. The zero-order chi connectivity index (χ0) is 18.1. The van der Waals surface area contributed by atoms with Crippen LogP contribution in [-0.4, -0.2) is 28.3 Å². The van der Waals surface area contributed by atoms with Gasteiger partial charge in [-0.15, -0.1) is 11.8 Å². The maximum Gasteiger partial charge on any atom is 0.322 e. The Morgan fingerprint density at radius 1 is 1.12 bits per heavy atom. The number of thioether (sulfide) groups is 1. The topological polar surface area (TPSA) is 55.4 Å². The van der Waals surface area contributed by atoms with E-state index in [-0.39, 0.29) is 17.9 Å². The highest BCUT2D eigenvalue weighted by molar-refractivity contribution is 8.01. The molecular formula is C19H27NO3S. The molecule has 1 atom stereocenters. The fourth-order valence-electron chi connectivity index (χ4n) is 2.78. The van der Waals surface area contributed by atoms with Crippen LogP contribution >= 0.6 is 11.8 Å². The molecule has 5 heteroatoms. The van der Waals surface area contributed by atoms with E-state index in [2.05, 4.69) is 17.4 Å². The number of carbonyl (C=O) groups is 2. The predicted molar refractivity (Wildman–Crippen MR) is 97.2 cm³/mol. The van der Waals surface area contributed by atoms with Crippen molar-refractivity contribution in [2.75, 3.05) is 0 Å². The molecule has 0 aromatic heterocycles. The summed E-state index contributed by atoms with van der Waals surface area (Å²) in [4.78, 5) is 24.7. The molecule has 24 heavy (non-hydrogen) atoms. The first-order valence-corrected chi connectivity index (χ1v) is 9.09. The highest BCUT2D eigenvalue weighted by atomic mass is 32.2. The van der Waals surface area contributed by atoms with Crippen LogP contribution in [0.1, 0.15) is 52.7 Å². The summed E-state index contributed by atoms with van der Waals surface area (Å²) in [6, 6.07) is 6.46. The Morgan fingerprint density at radius 2 is 1.75 bits per heavy atom. The lowest BCUT2D eigenvalue weighted by atomic mass is 10.1. The standard InChI is InChI=1S/C19H27NO3S/c1-12(21)20-15-9-13-7-8-16(11-14(13)10-15)24-19(5,6)17(22)23-18(2,3)4/h7-8,11,15H,9-10H2,1-6H3,(H,20,21).